The molecule has 0 spiro atoms. The van der Waals surface area contributed by atoms with E-state index in [0.717, 1.165) is 18.5 Å². The number of pyridine rings is 1. The molecule has 2 aromatic rings. The number of nitrogens with zero attached hydrogens (tertiary/aromatic N) is 1. The lowest BCUT2D eigenvalue weighted by Gasteiger charge is -2.12. The molecule has 2 rings (SSSR count). The van der Waals surface area contributed by atoms with Gasteiger partial charge in [-0.2, -0.15) is 0 Å². The first-order valence-electron chi connectivity index (χ1n) is 13.3. The fourth-order valence-electron chi connectivity index (χ4n) is 4.02. The van der Waals surface area contributed by atoms with Gasteiger partial charge in [-0.15, -0.1) is 0 Å². The second-order valence-corrected chi connectivity index (χ2v) is 9.45. The average Bonchev–Trinajstić information content (AvgIpc) is 2.86. The molecule has 0 saturated carbocycles. The Morgan fingerprint density at radius 2 is 1.43 bits per heavy atom. The first kappa shape index (κ1) is 31.7. The third-order valence-electron chi connectivity index (χ3n) is 6.24. The van der Waals surface area contributed by atoms with Crippen molar-refractivity contribution < 1.29 is 38.1 Å². The summed E-state index contributed by atoms with van der Waals surface area (Å²) in [4.78, 5) is 12.6. The van der Waals surface area contributed by atoms with Crippen molar-refractivity contribution >= 4 is 17.5 Å². The van der Waals surface area contributed by atoms with E-state index in [-0.39, 0.29) is 29.9 Å². The number of hydrogen-bond acceptors (Lipinski definition) is 2. The Morgan fingerprint density at radius 1 is 0.857 bits per heavy atom. The van der Waals surface area contributed by atoms with E-state index in [4.69, 9.17) is 16.3 Å². The number of halogens is 2. The highest BCUT2D eigenvalue weighted by molar-refractivity contribution is 6.35. The van der Waals surface area contributed by atoms with Crippen LogP contribution in [0.1, 0.15) is 107 Å². The summed E-state index contributed by atoms with van der Waals surface area (Å²) in [5.41, 5.74) is 1.50. The Balaban J connectivity index is 0.00000612. The predicted octanol–water partition coefficient (Wildman–Crippen LogP) is 4.66. The second-order valence-electron chi connectivity index (χ2n) is 9.07. The van der Waals surface area contributed by atoms with Gasteiger partial charge in [0, 0.05) is 18.7 Å². The van der Waals surface area contributed by atoms with Crippen molar-refractivity contribution in [3.63, 3.8) is 0 Å². The molecule has 0 fully saturated rings. The molecule has 0 radical (unpaired) electrons. The van der Waals surface area contributed by atoms with E-state index in [0.29, 0.717) is 29.5 Å². The number of aryl methyl sites for hydroxylation is 1. The number of carbonyl (C=O) groups excluding carboxylic acids is 1. The third kappa shape index (κ3) is 13.0. The summed E-state index contributed by atoms with van der Waals surface area (Å²) in [5.74, 6) is 0.397. The van der Waals surface area contributed by atoms with Gasteiger partial charge in [-0.3, -0.25) is 4.79 Å². The zero-order valence-corrected chi connectivity index (χ0v) is 24.6. The van der Waals surface area contributed by atoms with E-state index in [1.165, 1.54) is 70.6 Å². The normalized spacial score (nSPS) is 10.6. The highest BCUT2D eigenvalue weighted by Crippen LogP contribution is 2.28. The van der Waals surface area contributed by atoms with Crippen LogP contribution in [0.4, 0.5) is 0 Å². The molecule has 0 aliphatic rings. The lowest BCUT2D eigenvalue weighted by Crippen LogP contribution is -3.00. The maximum absolute atomic E-state index is 12.6. The van der Waals surface area contributed by atoms with Gasteiger partial charge in [0.25, 0.3) is 5.91 Å². The van der Waals surface area contributed by atoms with Crippen molar-refractivity contribution in [3.05, 3.63) is 58.9 Å². The summed E-state index contributed by atoms with van der Waals surface area (Å²) < 4.78 is 7.98. The van der Waals surface area contributed by atoms with Gasteiger partial charge in [-0.1, -0.05) is 95.2 Å². The molecule has 35 heavy (non-hydrogen) atoms. The van der Waals surface area contributed by atoms with Gasteiger partial charge in [0.1, 0.15) is 12.3 Å². The van der Waals surface area contributed by atoms with E-state index in [1.54, 1.807) is 6.07 Å². The fraction of sp³-hybridized carbons (Fsp3) is 0.586. The minimum Gasteiger partial charge on any atom is -1.00 e. The number of benzene rings is 1. The highest BCUT2D eigenvalue weighted by atomic mass is 127. The highest BCUT2D eigenvalue weighted by Gasteiger charge is 2.14. The molecule has 0 bridgehead atoms. The van der Waals surface area contributed by atoms with Crippen LogP contribution in [0.5, 0.6) is 5.75 Å². The van der Waals surface area contributed by atoms with Gasteiger partial charge in [-0.05, 0) is 31.0 Å². The van der Waals surface area contributed by atoms with Crippen LogP contribution >= 0.6 is 11.6 Å². The summed E-state index contributed by atoms with van der Waals surface area (Å²) in [7, 11) is 0. The molecule has 0 saturated heterocycles. The Bertz CT molecular complexity index is 830. The topological polar surface area (TPSA) is 42.2 Å². The Morgan fingerprint density at radius 3 is 2.00 bits per heavy atom. The Labute approximate surface area is 235 Å². The molecule has 1 N–H and O–H groups in total. The van der Waals surface area contributed by atoms with E-state index in [1.807, 2.05) is 36.7 Å². The molecule has 1 aromatic heterocycles. The van der Waals surface area contributed by atoms with Crippen LogP contribution in [0.2, 0.25) is 5.02 Å². The van der Waals surface area contributed by atoms with Gasteiger partial charge in [0.15, 0.2) is 12.4 Å². The summed E-state index contributed by atoms with van der Waals surface area (Å²) >= 11 is 6.49. The van der Waals surface area contributed by atoms with Crippen LogP contribution in [-0.2, 0) is 13.1 Å². The molecule has 4 nitrogen and oxygen atoms in total. The number of ether oxygens (including phenoxy) is 1. The number of amides is 1. The molecule has 1 heterocycles. The molecule has 0 unspecified atom stereocenters. The number of unbranched alkanes of at least 4 members (excludes halogenated alkanes) is 11. The maximum Gasteiger partial charge on any atom is 0.253 e. The third-order valence-corrected chi connectivity index (χ3v) is 6.63. The number of aromatic nitrogens is 1. The molecular formula is C29H44ClIN2O2. The Hall–Kier alpha value is -1.34. The second kappa shape index (κ2) is 19.8. The van der Waals surface area contributed by atoms with Gasteiger partial charge < -0.3 is 34.0 Å². The zero-order chi connectivity index (χ0) is 24.4. The van der Waals surface area contributed by atoms with E-state index in [2.05, 4.69) is 23.7 Å². The van der Waals surface area contributed by atoms with Crippen LogP contribution in [0.3, 0.4) is 0 Å². The van der Waals surface area contributed by atoms with Gasteiger partial charge in [0.2, 0.25) is 0 Å². The summed E-state index contributed by atoms with van der Waals surface area (Å²) in [6.45, 7) is 6.38. The summed E-state index contributed by atoms with van der Waals surface area (Å²) in [6, 6.07) is 9.43. The number of nitrogens with one attached hydrogen (secondary N) is 1. The molecule has 6 heteroatoms. The van der Waals surface area contributed by atoms with E-state index in [9.17, 15) is 4.79 Å². The van der Waals surface area contributed by atoms with Crippen LogP contribution < -0.4 is 38.6 Å². The molecule has 1 aromatic carbocycles. The molecular weight excluding hydrogens is 571 g/mol. The Kier molecular flexibility index (Phi) is 17.9. The van der Waals surface area contributed by atoms with Crippen molar-refractivity contribution in [1.29, 1.82) is 0 Å². The molecule has 196 valence electrons. The summed E-state index contributed by atoms with van der Waals surface area (Å²) in [5, 5.41) is 3.34. The van der Waals surface area contributed by atoms with E-state index < -0.39 is 0 Å². The van der Waals surface area contributed by atoms with Crippen molar-refractivity contribution in [1.82, 2.24) is 5.32 Å². The predicted molar refractivity (Wildman–Crippen MR) is 142 cm³/mol. The lowest BCUT2D eigenvalue weighted by molar-refractivity contribution is -0.693. The van der Waals surface area contributed by atoms with Crippen LogP contribution in [0.15, 0.2) is 42.7 Å². The van der Waals surface area contributed by atoms with Crippen molar-refractivity contribution in [3.8, 4) is 5.75 Å². The SMILES string of the molecule is CCCCCCCCCCCCCCOc1cccc(C(=O)NCc2cc[n+](CC)cc2)c1Cl.[I-]. The number of hydrogen-bond donors (Lipinski definition) is 1. The minimum absolute atomic E-state index is 0. The van der Waals surface area contributed by atoms with Crippen LogP contribution in [0.25, 0.3) is 0 Å². The largest absolute Gasteiger partial charge is 1.00 e. The van der Waals surface area contributed by atoms with Crippen molar-refractivity contribution in [2.45, 2.75) is 104 Å². The number of rotatable bonds is 18. The van der Waals surface area contributed by atoms with Gasteiger partial charge in [-0.25, -0.2) is 4.57 Å². The first-order chi connectivity index (χ1) is 16.7. The molecule has 1 amide bonds. The van der Waals surface area contributed by atoms with Gasteiger partial charge >= 0.3 is 0 Å². The van der Waals surface area contributed by atoms with E-state index >= 15 is 0 Å². The smallest absolute Gasteiger partial charge is 0.253 e. The molecule has 0 aliphatic carbocycles. The van der Waals surface area contributed by atoms with Crippen molar-refractivity contribution in [2.75, 3.05) is 6.61 Å². The lowest BCUT2D eigenvalue weighted by atomic mass is 10.1. The molecule has 0 atom stereocenters. The number of carbonyl (C=O) groups is 1. The first-order valence-corrected chi connectivity index (χ1v) is 13.7. The maximum atomic E-state index is 12.6. The monoisotopic (exact) mass is 614 g/mol. The van der Waals surface area contributed by atoms with Crippen LogP contribution in [-0.4, -0.2) is 12.5 Å². The zero-order valence-electron chi connectivity index (χ0n) is 21.7. The average molecular weight is 615 g/mol. The van der Waals surface area contributed by atoms with Crippen molar-refractivity contribution in [2.24, 2.45) is 0 Å². The fourth-order valence-corrected chi connectivity index (χ4v) is 4.28. The standard InChI is InChI=1S/C29H43ClN2O2.HI/c1-3-5-6-7-8-9-10-11-12-13-14-15-23-34-27-18-16-17-26(28(27)30)29(33)31-24-25-19-21-32(4-2)22-20-25;/h16-22H,3-15,23-24H2,1-2H3;1H. The minimum atomic E-state index is -0.187. The van der Waals surface area contributed by atoms with Crippen LogP contribution in [0, 0.1) is 0 Å². The summed E-state index contributed by atoms with van der Waals surface area (Å²) in [6.07, 6.45) is 19.8. The van der Waals surface area contributed by atoms with Gasteiger partial charge in [0.05, 0.1) is 17.2 Å². The quantitative estimate of drug-likeness (QED) is 0.151. The molecule has 0 aliphatic heterocycles.